The van der Waals surface area contributed by atoms with Crippen molar-refractivity contribution < 1.29 is 38.1 Å². The molecular formula is C52H64N8O8. The predicted molar refractivity (Wildman–Crippen MR) is 259 cm³/mol. The summed E-state index contributed by atoms with van der Waals surface area (Å²) in [5, 5.41) is 6.01. The van der Waals surface area contributed by atoms with Gasteiger partial charge in [0.1, 0.15) is 22.8 Å². The summed E-state index contributed by atoms with van der Waals surface area (Å²) >= 11 is 0. The molecule has 0 saturated carbocycles. The highest BCUT2D eigenvalue weighted by Gasteiger charge is 2.27. The van der Waals surface area contributed by atoms with Crippen molar-refractivity contribution in [1.29, 1.82) is 0 Å². The van der Waals surface area contributed by atoms with Crippen LogP contribution in [0.4, 0.5) is 0 Å². The molecule has 0 bridgehead atoms. The average Bonchev–Trinajstić information content (AvgIpc) is 4.08. The van der Waals surface area contributed by atoms with Gasteiger partial charge in [-0.3, -0.25) is 19.2 Å². The molecule has 2 N–H and O–H groups in total. The number of benzene rings is 2. The Kier molecular flexibility index (Phi) is 17.3. The van der Waals surface area contributed by atoms with Crippen molar-refractivity contribution in [1.82, 2.24) is 39.2 Å². The summed E-state index contributed by atoms with van der Waals surface area (Å²) in [5.74, 6) is 3.56. The van der Waals surface area contributed by atoms with E-state index in [0.717, 1.165) is 102 Å². The van der Waals surface area contributed by atoms with E-state index < -0.39 is 0 Å². The first-order valence-corrected chi connectivity index (χ1v) is 23.6. The number of aromatic nitrogens is 4. The number of hydrogen-bond donors (Lipinski definition) is 2. The van der Waals surface area contributed by atoms with E-state index in [-0.39, 0.29) is 23.6 Å². The van der Waals surface area contributed by atoms with Crippen molar-refractivity contribution in [3.05, 3.63) is 120 Å². The molecule has 2 saturated heterocycles. The van der Waals surface area contributed by atoms with E-state index in [4.69, 9.17) is 18.9 Å². The number of likely N-dealkylation sites (tertiary alicyclic amines) is 2. The maximum Gasteiger partial charge on any atom is 0.257 e. The number of nitrogens with one attached hydrogen (secondary N) is 2. The van der Waals surface area contributed by atoms with E-state index in [0.29, 0.717) is 70.2 Å². The molecular weight excluding hydrogens is 865 g/mol. The second kappa shape index (κ2) is 24.1. The van der Waals surface area contributed by atoms with Gasteiger partial charge >= 0.3 is 0 Å². The molecule has 16 nitrogen and oxygen atoms in total. The molecule has 360 valence electrons. The molecule has 0 radical (unpaired) electrons. The Morgan fingerprint density at radius 3 is 1.54 bits per heavy atom. The maximum absolute atomic E-state index is 13.0. The molecule has 0 atom stereocenters. The minimum Gasteiger partial charge on any atom is -0.497 e. The SMILES string of the molecule is COc1ccc(C(=O)N2CCC(CCCCNC(=O)c3ccc4nccn4c3)CC2)c(OC)c1.COc1ccc(C(=O)N2CCC(CCCCNC(=O)c3ccc4nccn4c3)CC2)cc1OC. The number of hydrogen-bond acceptors (Lipinski definition) is 10. The summed E-state index contributed by atoms with van der Waals surface area (Å²) in [6.07, 6.45) is 21.0. The van der Waals surface area contributed by atoms with E-state index in [1.165, 1.54) is 0 Å². The largest absolute Gasteiger partial charge is 0.497 e. The molecule has 2 aliphatic heterocycles. The zero-order valence-corrected chi connectivity index (χ0v) is 39.7. The Hall–Kier alpha value is -7.10. The first-order valence-electron chi connectivity index (χ1n) is 23.6. The van der Waals surface area contributed by atoms with Crippen LogP contribution in [0.15, 0.2) is 97.8 Å². The van der Waals surface area contributed by atoms with E-state index in [1.807, 2.05) is 43.1 Å². The van der Waals surface area contributed by atoms with Gasteiger partial charge in [-0.05, 0) is 105 Å². The van der Waals surface area contributed by atoms with Gasteiger partial charge in [0, 0.05) is 88.1 Å². The molecule has 6 aromatic rings. The lowest BCUT2D eigenvalue weighted by Gasteiger charge is -2.32. The Morgan fingerprint density at radius 2 is 1.04 bits per heavy atom. The quantitative estimate of drug-likeness (QED) is 0.0819. The van der Waals surface area contributed by atoms with Gasteiger partial charge in [0.25, 0.3) is 23.6 Å². The number of rotatable bonds is 18. The van der Waals surface area contributed by atoms with Gasteiger partial charge in [-0.2, -0.15) is 0 Å². The number of pyridine rings is 2. The lowest BCUT2D eigenvalue weighted by molar-refractivity contribution is 0.0676. The number of unbranched alkanes of at least 4 members (excludes halogenated alkanes) is 2. The standard InChI is InChI=1S/2C26H32N4O4/c1-33-21-7-8-22(23(17-21)34-2)26(32)29-14-10-19(11-15-29)5-3-4-12-28-25(31)20-6-9-24-27-13-16-30(24)18-20;1-33-22-8-6-20(17-23(22)34-2)26(32)29-14-10-19(11-15-29)5-3-4-12-28-25(31)21-7-9-24-27-13-16-30(24)18-21/h2*6-9,13,16-19H,3-5,10-12,14-15H2,1-2H3,(H,28,31). The van der Waals surface area contributed by atoms with Crippen LogP contribution in [0.25, 0.3) is 11.3 Å². The maximum atomic E-state index is 13.0. The zero-order chi connectivity index (χ0) is 47.8. The summed E-state index contributed by atoms with van der Waals surface area (Å²) in [7, 11) is 6.32. The minimum atomic E-state index is -0.0589. The number of carbonyl (C=O) groups is 4. The number of nitrogens with zero attached hydrogens (tertiary/aromatic N) is 6. The van der Waals surface area contributed by atoms with Crippen LogP contribution in [0.2, 0.25) is 0 Å². The second-order valence-corrected chi connectivity index (χ2v) is 17.3. The lowest BCUT2D eigenvalue weighted by atomic mass is 9.91. The van der Waals surface area contributed by atoms with Gasteiger partial charge in [-0.1, -0.05) is 25.7 Å². The minimum absolute atomic E-state index is 0.00884. The number of amides is 4. The Bertz CT molecular complexity index is 2630. The number of imidazole rings is 2. The molecule has 2 aromatic carbocycles. The van der Waals surface area contributed by atoms with Crippen LogP contribution in [0.3, 0.4) is 0 Å². The number of fused-ring (bicyclic) bond motifs is 2. The predicted octanol–water partition coefficient (Wildman–Crippen LogP) is 7.61. The third kappa shape index (κ3) is 12.7. The van der Waals surface area contributed by atoms with E-state index in [2.05, 4.69) is 20.6 Å². The Morgan fingerprint density at radius 1 is 0.544 bits per heavy atom. The number of carbonyl (C=O) groups excluding carboxylic acids is 4. The molecule has 0 unspecified atom stereocenters. The van der Waals surface area contributed by atoms with E-state index in [9.17, 15) is 19.2 Å². The summed E-state index contributed by atoms with van der Waals surface area (Å²) in [5.41, 5.74) is 4.12. The van der Waals surface area contributed by atoms with Crippen molar-refractivity contribution in [3.63, 3.8) is 0 Å². The molecule has 16 heteroatoms. The Balaban J connectivity index is 0.000000201. The highest BCUT2D eigenvalue weighted by atomic mass is 16.5. The average molecular weight is 929 g/mol. The molecule has 6 heterocycles. The van der Waals surface area contributed by atoms with Gasteiger partial charge in [0.15, 0.2) is 11.5 Å². The van der Waals surface area contributed by atoms with Crippen molar-refractivity contribution in [2.75, 3.05) is 67.7 Å². The van der Waals surface area contributed by atoms with Crippen LogP contribution in [-0.4, -0.2) is 120 Å². The van der Waals surface area contributed by atoms with Gasteiger partial charge < -0.3 is 48.2 Å². The van der Waals surface area contributed by atoms with Crippen molar-refractivity contribution in [2.45, 2.75) is 64.2 Å². The first-order chi connectivity index (χ1) is 33.2. The summed E-state index contributed by atoms with van der Waals surface area (Å²) < 4.78 is 24.9. The van der Waals surface area contributed by atoms with Gasteiger partial charge in [-0.15, -0.1) is 0 Å². The van der Waals surface area contributed by atoms with E-state index >= 15 is 0 Å². The fourth-order valence-electron chi connectivity index (χ4n) is 8.98. The fraction of sp³-hybridized carbons (Fsp3) is 0.423. The number of ether oxygens (including phenoxy) is 4. The van der Waals surface area contributed by atoms with Crippen molar-refractivity contribution >= 4 is 34.9 Å². The topological polar surface area (TPSA) is 170 Å². The number of piperidine rings is 2. The second-order valence-electron chi connectivity index (χ2n) is 17.3. The smallest absolute Gasteiger partial charge is 0.257 e. The fourth-order valence-corrected chi connectivity index (χ4v) is 8.98. The van der Waals surface area contributed by atoms with Crippen LogP contribution in [0.5, 0.6) is 23.0 Å². The molecule has 2 fully saturated rings. The monoisotopic (exact) mass is 928 g/mol. The molecule has 0 aliphatic carbocycles. The van der Waals surface area contributed by atoms with Crippen LogP contribution >= 0.6 is 0 Å². The van der Waals surface area contributed by atoms with Crippen molar-refractivity contribution in [2.24, 2.45) is 11.8 Å². The third-order valence-corrected chi connectivity index (χ3v) is 13.0. The Labute approximate surface area is 397 Å². The molecule has 0 spiro atoms. The lowest BCUT2D eigenvalue weighted by Crippen LogP contribution is -2.38. The van der Waals surface area contributed by atoms with Crippen molar-refractivity contribution in [3.8, 4) is 23.0 Å². The zero-order valence-electron chi connectivity index (χ0n) is 39.7. The molecule has 8 rings (SSSR count). The van der Waals surface area contributed by atoms with Crippen LogP contribution < -0.4 is 29.6 Å². The third-order valence-electron chi connectivity index (χ3n) is 13.0. The molecule has 4 aromatic heterocycles. The molecule has 68 heavy (non-hydrogen) atoms. The summed E-state index contributed by atoms with van der Waals surface area (Å²) in [6, 6.07) is 17.9. The van der Waals surface area contributed by atoms with Crippen LogP contribution in [0.1, 0.15) is 106 Å². The number of methoxy groups -OCH3 is 4. The molecule has 2 aliphatic rings. The first kappa shape index (κ1) is 48.8. The highest BCUT2D eigenvalue weighted by Crippen LogP contribution is 2.31. The normalized spacial score (nSPS) is 14.2. The van der Waals surface area contributed by atoms with Gasteiger partial charge in [0.05, 0.1) is 45.1 Å². The van der Waals surface area contributed by atoms with E-state index in [1.54, 1.807) is 102 Å². The van der Waals surface area contributed by atoms with Crippen LogP contribution in [-0.2, 0) is 0 Å². The van der Waals surface area contributed by atoms with Gasteiger partial charge in [0.2, 0.25) is 0 Å². The summed E-state index contributed by atoms with van der Waals surface area (Å²) in [6.45, 7) is 4.38. The van der Waals surface area contributed by atoms with Crippen LogP contribution in [0, 0.1) is 11.8 Å². The highest BCUT2D eigenvalue weighted by molar-refractivity contribution is 5.97. The summed E-state index contributed by atoms with van der Waals surface area (Å²) in [4.78, 5) is 62.9. The van der Waals surface area contributed by atoms with Gasteiger partial charge in [-0.25, -0.2) is 9.97 Å². The molecule has 4 amide bonds.